The summed E-state index contributed by atoms with van der Waals surface area (Å²) >= 11 is 0. The lowest BCUT2D eigenvalue weighted by atomic mass is 9.77. The lowest BCUT2D eigenvalue weighted by Crippen LogP contribution is -2.23. The first-order valence-electron chi connectivity index (χ1n) is 5.82. The second-order valence-electron chi connectivity index (χ2n) is 4.86. The van der Waals surface area contributed by atoms with E-state index in [1.54, 1.807) is 7.11 Å². The summed E-state index contributed by atoms with van der Waals surface area (Å²) in [6.07, 6.45) is 1.69. The van der Waals surface area contributed by atoms with Crippen LogP contribution in [0.15, 0.2) is 18.2 Å². The average molecular weight is 218 g/mol. The number of ketones is 1. The summed E-state index contributed by atoms with van der Waals surface area (Å²) in [7, 11) is 1.66. The number of fused-ring (bicyclic) bond motifs is 1. The number of carbonyl (C=O) groups is 1. The molecule has 0 heterocycles. The number of hydrogen-bond acceptors (Lipinski definition) is 2. The first kappa shape index (κ1) is 11.2. The summed E-state index contributed by atoms with van der Waals surface area (Å²) in [5, 5.41) is 0. The molecule has 1 aliphatic rings. The molecule has 1 aliphatic carbocycles. The second-order valence-corrected chi connectivity index (χ2v) is 4.86. The SMILES string of the molecule is COc1ccc2c(c1)CC(C(C)C)CC2=O. The van der Waals surface area contributed by atoms with Crippen molar-refractivity contribution in [1.82, 2.24) is 0 Å². The van der Waals surface area contributed by atoms with Gasteiger partial charge in [-0.15, -0.1) is 0 Å². The van der Waals surface area contributed by atoms with E-state index in [0.717, 1.165) is 23.3 Å². The first-order chi connectivity index (χ1) is 7.61. The highest BCUT2D eigenvalue weighted by molar-refractivity contribution is 5.98. The predicted molar refractivity (Wildman–Crippen MR) is 64.0 cm³/mol. The van der Waals surface area contributed by atoms with Crippen LogP contribution in [0, 0.1) is 11.8 Å². The molecule has 0 amide bonds. The van der Waals surface area contributed by atoms with Crippen molar-refractivity contribution in [2.75, 3.05) is 7.11 Å². The molecule has 0 fully saturated rings. The molecule has 0 saturated heterocycles. The third-order valence-electron chi connectivity index (χ3n) is 3.49. The fraction of sp³-hybridized carbons (Fsp3) is 0.500. The Morgan fingerprint density at radius 1 is 1.31 bits per heavy atom. The third-order valence-corrected chi connectivity index (χ3v) is 3.49. The summed E-state index contributed by atoms with van der Waals surface area (Å²) in [4.78, 5) is 12.0. The molecule has 0 radical (unpaired) electrons. The van der Waals surface area contributed by atoms with Gasteiger partial charge in [0.15, 0.2) is 5.78 Å². The number of rotatable bonds is 2. The van der Waals surface area contributed by atoms with Gasteiger partial charge in [0.05, 0.1) is 7.11 Å². The maximum atomic E-state index is 12.0. The van der Waals surface area contributed by atoms with Gasteiger partial charge in [0.1, 0.15) is 5.75 Å². The largest absolute Gasteiger partial charge is 0.497 e. The highest BCUT2D eigenvalue weighted by Gasteiger charge is 2.27. The quantitative estimate of drug-likeness (QED) is 0.762. The van der Waals surface area contributed by atoms with Crippen molar-refractivity contribution >= 4 is 5.78 Å². The normalized spacial score (nSPS) is 19.8. The number of methoxy groups -OCH3 is 1. The molecule has 0 saturated carbocycles. The smallest absolute Gasteiger partial charge is 0.163 e. The molecule has 1 aromatic carbocycles. The maximum Gasteiger partial charge on any atom is 0.163 e. The standard InChI is InChI=1S/C14H18O2/c1-9(2)10-6-11-7-12(16-3)4-5-13(11)14(15)8-10/h4-5,7,9-10H,6,8H2,1-3H3. The highest BCUT2D eigenvalue weighted by atomic mass is 16.5. The Balaban J connectivity index is 2.35. The van der Waals surface area contributed by atoms with E-state index in [9.17, 15) is 4.79 Å². The van der Waals surface area contributed by atoms with E-state index in [1.165, 1.54) is 0 Å². The van der Waals surface area contributed by atoms with Crippen LogP contribution < -0.4 is 4.74 Å². The monoisotopic (exact) mass is 218 g/mol. The van der Waals surface area contributed by atoms with Gasteiger partial charge in [-0.3, -0.25) is 4.79 Å². The zero-order valence-corrected chi connectivity index (χ0v) is 10.1. The van der Waals surface area contributed by atoms with Crippen molar-refractivity contribution in [3.05, 3.63) is 29.3 Å². The summed E-state index contributed by atoms with van der Waals surface area (Å²) in [6.45, 7) is 4.37. The van der Waals surface area contributed by atoms with E-state index in [1.807, 2.05) is 18.2 Å². The van der Waals surface area contributed by atoms with Crippen molar-refractivity contribution < 1.29 is 9.53 Å². The average Bonchev–Trinajstić information content (AvgIpc) is 2.28. The predicted octanol–water partition coefficient (Wildman–Crippen LogP) is 3.10. The van der Waals surface area contributed by atoms with Gasteiger partial charge < -0.3 is 4.74 Å². The van der Waals surface area contributed by atoms with Gasteiger partial charge >= 0.3 is 0 Å². The van der Waals surface area contributed by atoms with E-state index in [-0.39, 0.29) is 5.78 Å². The maximum absolute atomic E-state index is 12.0. The molecule has 0 bridgehead atoms. The molecule has 2 nitrogen and oxygen atoms in total. The lowest BCUT2D eigenvalue weighted by Gasteiger charge is -2.26. The Morgan fingerprint density at radius 2 is 2.06 bits per heavy atom. The van der Waals surface area contributed by atoms with Crippen LogP contribution in [0.1, 0.15) is 36.2 Å². The van der Waals surface area contributed by atoms with E-state index in [0.29, 0.717) is 18.3 Å². The number of Topliss-reactive ketones (excluding diaryl/α,β-unsaturated/α-hetero) is 1. The second kappa shape index (κ2) is 4.28. The van der Waals surface area contributed by atoms with Gasteiger partial charge in [0.2, 0.25) is 0 Å². The molecule has 0 aromatic heterocycles. The molecule has 0 aliphatic heterocycles. The molecule has 1 atom stereocenters. The highest BCUT2D eigenvalue weighted by Crippen LogP contribution is 2.32. The Kier molecular flexibility index (Phi) is 2.99. The number of benzene rings is 1. The molecule has 2 rings (SSSR count). The molecule has 0 spiro atoms. The van der Waals surface area contributed by atoms with Crippen LogP contribution in [-0.4, -0.2) is 12.9 Å². The van der Waals surface area contributed by atoms with Crippen LogP contribution in [0.4, 0.5) is 0 Å². The van der Waals surface area contributed by atoms with E-state index in [4.69, 9.17) is 4.74 Å². The zero-order chi connectivity index (χ0) is 11.7. The minimum atomic E-state index is 0.280. The Morgan fingerprint density at radius 3 is 2.69 bits per heavy atom. The summed E-state index contributed by atoms with van der Waals surface area (Å²) < 4.78 is 5.20. The van der Waals surface area contributed by atoms with Crippen molar-refractivity contribution in [1.29, 1.82) is 0 Å². The number of carbonyl (C=O) groups excluding carboxylic acids is 1. The molecular weight excluding hydrogens is 200 g/mol. The van der Waals surface area contributed by atoms with Crippen molar-refractivity contribution in [2.45, 2.75) is 26.7 Å². The van der Waals surface area contributed by atoms with Crippen LogP contribution in [0.2, 0.25) is 0 Å². The van der Waals surface area contributed by atoms with E-state index < -0.39 is 0 Å². The first-order valence-corrected chi connectivity index (χ1v) is 5.82. The minimum absolute atomic E-state index is 0.280. The molecule has 2 heteroatoms. The Bertz CT molecular complexity index is 407. The molecule has 16 heavy (non-hydrogen) atoms. The van der Waals surface area contributed by atoms with E-state index >= 15 is 0 Å². The summed E-state index contributed by atoms with van der Waals surface area (Å²) in [6, 6.07) is 5.77. The summed E-state index contributed by atoms with van der Waals surface area (Å²) in [5.41, 5.74) is 2.03. The van der Waals surface area contributed by atoms with Crippen molar-refractivity contribution in [3.63, 3.8) is 0 Å². The fourth-order valence-electron chi connectivity index (χ4n) is 2.31. The Labute approximate surface area is 96.6 Å². The molecular formula is C14H18O2. The van der Waals surface area contributed by atoms with Crippen LogP contribution in [-0.2, 0) is 6.42 Å². The van der Waals surface area contributed by atoms with Gasteiger partial charge in [-0.2, -0.15) is 0 Å². The molecule has 86 valence electrons. The minimum Gasteiger partial charge on any atom is -0.497 e. The van der Waals surface area contributed by atoms with E-state index in [2.05, 4.69) is 13.8 Å². The number of ether oxygens (including phenoxy) is 1. The van der Waals surface area contributed by atoms with Crippen LogP contribution in [0.5, 0.6) is 5.75 Å². The fourth-order valence-corrected chi connectivity index (χ4v) is 2.31. The third kappa shape index (κ3) is 1.97. The zero-order valence-electron chi connectivity index (χ0n) is 10.1. The van der Waals surface area contributed by atoms with Crippen molar-refractivity contribution in [3.8, 4) is 5.75 Å². The van der Waals surface area contributed by atoms with Crippen LogP contribution in [0.3, 0.4) is 0 Å². The number of hydrogen-bond donors (Lipinski definition) is 0. The van der Waals surface area contributed by atoms with Gasteiger partial charge in [0.25, 0.3) is 0 Å². The van der Waals surface area contributed by atoms with Gasteiger partial charge in [-0.25, -0.2) is 0 Å². The molecule has 1 aromatic rings. The van der Waals surface area contributed by atoms with Gasteiger partial charge in [-0.05, 0) is 42.0 Å². The van der Waals surface area contributed by atoms with Gasteiger partial charge in [0, 0.05) is 12.0 Å². The molecule has 1 unspecified atom stereocenters. The van der Waals surface area contributed by atoms with Crippen molar-refractivity contribution in [2.24, 2.45) is 11.8 Å². The summed E-state index contributed by atoms with van der Waals surface area (Å²) in [5.74, 6) is 2.16. The van der Waals surface area contributed by atoms with Crippen LogP contribution in [0.25, 0.3) is 0 Å². The van der Waals surface area contributed by atoms with Gasteiger partial charge in [-0.1, -0.05) is 13.8 Å². The molecule has 0 N–H and O–H groups in total. The topological polar surface area (TPSA) is 26.3 Å². The lowest BCUT2D eigenvalue weighted by molar-refractivity contribution is 0.0933. The van der Waals surface area contributed by atoms with Crippen LogP contribution >= 0.6 is 0 Å². The Hall–Kier alpha value is -1.31.